The zero-order valence-corrected chi connectivity index (χ0v) is 19.3. The van der Waals surface area contributed by atoms with Crippen LogP contribution in [0.5, 0.6) is 0 Å². The molecule has 12 heteroatoms. The molecule has 1 fully saturated rings. The summed E-state index contributed by atoms with van der Waals surface area (Å²) >= 11 is 0. The Morgan fingerprint density at radius 2 is 2.09 bits per heavy atom. The van der Waals surface area contributed by atoms with E-state index in [1.165, 1.54) is 12.1 Å². The molecule has 3 aromatic heterocycles. The summed E-state index contributed by atoms with van der Waals surface area (Å²) in [7, 11) is 1.92. The van der Waals surface area contributed by atoms with Crippen molar-refractivity contribution in [2.24, 2.45) is 0 Å². The highest BCUT2D eigenvalue weighted by atomic mass is 19.1. The number of nitrogens with one attached hydrogen (secondary N) is 2. The molecule has 0 bridgehead atoms. The summed E-state index contributed by atoms with van der Waals surface area (Å²) in [6, 6.07) is 4.59. The van der Waals surface area contributed by atoms with Crippen molar-refractivity contribution in [3.05, 3.63) is 54.4 Å². The normalized spacial score (nSPS) is 14.1. The molecule has 4 aromatic rings. The minimum atomic E-state index is -0.419. The first kappa shape index (κ1) is 22.9. The Kier molecular flexibility index (Phi) is 6.64. The number of fused-ring (bicyclic) bond motifs is 1. The maximum atomic E-state index is 14.4. The smallest absolute Gasteiger partial charge is 0.253 e. The molecule has 1 aliphatic rings. The second kappa shape index (κ2) is 10.2. The van der Waals surface area contributed by atoms with E-state index < -0.39 is 5.82 Å². The van der Waals surface area contributed by atoms with Gasteiger partial charge in [0, 0.05) is 31.2 Å². The number of anilines is 3. The van der Waals surface area contributed by atoms with Crippen LogP contribution in [-0.2, 0) is 22.6 Å². The summed E-state index contributed by atoms with van der Waals surface area (Å²) in [6.45, 7) is 2.82. The summed E-state index contributed by atoms with van der Waals surface area (Å²) in [5, 5.41) is 15.8. The first-order valence-electron chi connectivity index (χ1n) is 11.4. The minimum absolute atomic E-state index is 0.00279. The molecule has 0 radical (unpaired) electrons. The van der Waals surface area contributed by atoms with Gasteiger partial charge in [0.25, 0.3) is 5.91 Å². The number of aryl methyl sites for hydroxylation is 1. The van der Waals surface area contributed by atoms with Crippen LogP contribution < -0.4 is 15.5 Å². The van der Waals surface area contributed by atoms with Crippen LogP contribution in [-0.4, -0.2) is 68.8 Å². The molecule has 1 saturated heterocycles. The van der Waals surface area contributed by atoms with Crippen molar-refractivity contribution in [3.63, 3.8) is 0 Å². The summed E-state index contributed by atoms with van der Waals surface area (Å²) in [4.78, 5) is 22.7. The fourth-order valence-corrected chi connectivity index (χ4v) is 3.98. The fraction of sp³-hybridized carbons (Fsp3) is 0.348. The van der Waals surface area contributed by atoms with Crippen molar-refractivity contribution in [2.45, 2.75) is 19.5 Å². The molecule has 4 heterocycles. The average molecular weight is 480 g/mol. The maximum Gasteiger partial charge on any atom is 0.253 e. The van der Waals surface area contributed by atoms with Gasteiger partial charge in [-0.3, -0.25) is 9.48 Å². The van der Waals surface area contributed by atoms with Crippen LogP contribution in [0, 0.1) is 5.82 Å². The molecule has 2 N–H and O–H groups in total. The first-order chi connectivity index (χ1) is 17.1. The molecule has 1 aromatic carbocycles. The lowest BCUT2D eigenvalue weighted by molar-refractivity contribution is -0.125. The average Bonchev–Trinajstić information content (AvgIpc) is 3.46. The van der Waals surface area contributed by atoms with Gasteiger partial charge in [-0.15, -0.1) is 0 Å². The Balaban J connectivity index is 1.34. The number of morpholine rings is 1. The van der Waals surface area contributed by atoms with E-state index in [1.807, 2.05) is 17.9 Å². The molecule has 0 saturated carbocycles. The number of nitrogens with zero attached hydrogens (tertiary/aromatic N) is 7. The van der Waals surface area contributed by atoms with Crippen LogP contribution in [0.25, 0.3) is 11.0 Å². The van der Waals surface area contributed by atoms with Gasteiger partial charge in [0.1, 0.15) is 12.4 Å². The minimum Gasteiger partial charge on any atom is -0.370 e. The molecule has 35 heavy (non-hydrogen) atoms. The number of benzene rings is 1. The van der Waals surface area contributed by atoms with E-state index in [0.717, 1.165) is 30.6 Å². The van der Waals surface area contributed by atoms with Gasteiger partial charge in [-0.05, 0) is 43.8 Å². The molecule has 182 valence electrons. The number of amides is 1. The number of carbonyl (C=O) groups is 1. The molecular formula is C23H26FN9O2. The summed E-state index contributed by atoms with van der Waals surface area (Å²) in [5.41, 5.74) is 2.57. The zero-order chi connectivity index (χ0) is 24.2. The van der Waals surface area contributed by atoms with Crippen LogP contribution in [0.3, 0.4) is 0 Å². The number of hydrogen-bond acceptors (Lipinski definition) is 8. The Morgan fingerprint density at radius 3 is 2.94 bits per heavy atom. The third-order valence-electron chi connectivity index (χ3n) is 5.65. The van der Waals surface area contributed by atoms with Crippen molar-refractivity contribution in [1.29, 1.82) is 0 Å². The highest BCUT2D eigenvalue weighted by Crippen LogP contribution is 2.22. The highest BCUT2D eigenvalue weighted by Gasteiger charge is 2.21. The molecule has 0 aliphatic carbocycles. The largest absolute Gasteiger partial charge is 0.370 e. The van der Waals surface area contributed by atoms with E-state index >= 15 is 0 Å². The number of hydrogen-bond donors (Lipinski definition) is 2. The second-order valence-corrected chi connectivity index (χ2v) is 8.26. The van der Waals surface area contributed by atoms with Crippen LogP contribution in [0.15, 0.2) is 43.0 Å². The van der Waals surface area contributed by atoms with Crippen molar-refractivity contribution in [2.75, 3.05) is 43.6 Å². The van der Waals surface area contributed by atoms with Gasteiger partial charge >= 0.3 is 0 Å². The van der Waals surface area contributed by atoms with Crippen molar-refractivity contribution >= 4 is 34.3 Å². The van der Waals surface area contributed by atoms with Gasteiger partial charge in [-0.2, -0.15) is 15.2 Å². The Hall–Kier alpha value is -3.90. The lowest BCUT2D eigenvalue weighted by atomic mass is 10.1. The van der Waals surface area contributed by atoms with Crippen LogP contribution >= 0.6 is 0 Å². The molecule has 0 unspecified atom stereocenters. The zero-order valence-electron chi connectivity index (χ0n) is 19.3. The fourth-order valence-electron chi connectivity index (χ4n) is 3.98. The number of halogens is 1. The Morgan fingerprint density at radius 1 is 1.17 bits per heavy atom. The van der Waals surface area contributed by atoms with Crippen molar-refractivity contribution < 1.29 is 13.9 Å². The van der Waals surface area contributed by atoms with Crippen molar-refractivity contribution in [3.8, 4) is 0 Å². The summed E-state index contributed by atoms with van der Waals surface area (Å²) in [6.07, 6.45) is 7.97. The predicted octanol–water partition coefficient (Wildman–Crippen LogP) is 1.93. The number of carbonyl (C=O) groups excluding carboxylic acids is 1. The monoisotopic (exact) mass is 479 g/mol. The van der Waals surface area contributed by atoms with Gasteiger partial charge in [0.2, 0.25) is 5.95 Å². The summed E-state index contributed by atoms with van der Waals surface area (Å²) < 4.78 is 23.1. The molecule has 11 nitrogen and oxygen atoms in total. The highest BCUT2D eigenvalue weighted by molar-refractivity contribution is 5.94. The molecule has 1 aliphatic heterocycles. The van der Waals surface area contributed by atoms with Crippen LogP contribution in [0.1, 0.15) is 12.0 Å². The Labute approximate surface area is 200 Å². The Bertz CT molecular complexity index is 1340. The molecule has 1 amide bonds. The van der Waals surface area contributed by atoms with E-state index in [-0.39, 0.29) is 19.1 Å². The van der Waals surface area contributed by atoms with E-state index in [0.29, 0.717) is 36.0 Å². The van der Waals surface area contributed by atoms with Gasteiger partial charge in [-0.25, -0.2) is 14.1 Å². The van der Waals surface area contributed by atoms with Crippen molar-refractivity contribution in [1.82, 2.24) is 34.8 Å². The SMILES string of the molecule is CNCCCn1cc(Nc2ncc3cnn(Cc4cc(F)cc(N5CCOCC5=O)c4)c3n2)cn1. The van der Waals surface area contributed by atoms with E-state index in [4.69, 9.17) is 4.74 Å². The van der Waals surface area contributed by atoms with Gasteiger partial charge in [0.15, 0.2) is 5.65 Å². The molecule has 0 atom stereocenters. The van der Waals surface area contributed by atoms with Crippen LogP contribution in [0.4, 0.5) is 21.7 Å². The first-order valence-corrected chi connectivity index (χ1v) is 11.4. The standard InChI is InChI=1S/C23H26FN9O2/c1-25-3-2-4-31-14-19(12-27-31)29-23-26-10-17-11-28-33(22(17)30-23)13-16-7-18(24)9-20(8-16)32-5-6-35-15-21(32)34/h7-12,14,25H,2-6,13,15H2,1H3,(H,26,29,30). The topological polar surface area (TPSA) is 115 Å². The number of rotatable bonds is 9. The summed E-state index contributed by atoms with van der Waals surface area (Å²) in [5.74, 6) is -0.198. The third kappa shape index (κ3) is 5.28. The van der Waals surface area contributed by atoms with Gasteiger partial charge < -0.3 is 20.3 Å². The molecular weight excluding hydrogens is 453 g/mol. The van der Waals surface area contributed by atoms with E-state index in [2.05, 4.69) is 30.8 Å². The molecule has 5 rings (SSSR count). The quantitative estimate of drug-likeness (QED) is 0.350. The maximum absolute atomic E-state index is 14.4. The predicted molar refractivity (Wildman–Crippen MR) is 128 cm³/mol. The lowest BCUT2D eigenvalue weighted by Gasteiger charge is -2.27. The third-order valence-corrected chi connectivity index (χ3v) is 5.65. The van der Waals surface area contributed by atoms with Gasteiger partial charge in [-0.1, -0.05) is 0 Å². The van der Waals surface area contributed by atoms with Gasteiger partial charge in [0.05, 0.1) is 36.6 Å². The lowest BCUT2D eigenvalue weighted by Crippen LogP contribution is -2.41. The van der Waals surface area contributed by atoms with E-state index in [9.17, 15) is 9.18 Å². The second-order valence-electron chi connectivity index (χ2n) is 8.26. The van der Waals surface area contributed by atoms with E-state index in [1.54, 1.807) is 34.2 Å². The number of aromatic nitrogens is 6. The molecule has 0 spiro atoms. The van der Waals surface area contributed by atoms with Crippen LogP contribution in [0.2, 0.25) is 0 Å². The number of ether oxygens (including phenoxy) is 1.